The van der Waals surface area contributed by atoms with E-state index in [9.17, 15) is 14.9 Å². The third-order valence-electron chi connectivity index (χ3n) is 6.53. The number of para-hydroxylation sites is 1. The van der Waals surface area contributed by atoms with Gasteiger partial charge in [0.15, 0.2) is 5.76 Å². The number of rotatable bonds is 7. The number of aryl methyl sites for hydroxylation is 1. The molecule has 0 amide bonds. The van der Waals surface area contributed by atoms with Crippen LogP contribution in [-0.4, -0.2) is 20.8 Å². The highest BCUT2D eigenvalue weighted by molar-refractivity contribution is 9.10. The molecule has 208 valence electrons. The molecule has 6 aromatic rings. The van der Waals surface area contributed by atoms with E-state index in [-0.39, 0.29) is 34.5 Å². The van der Waals surface area contributed by atoms with Gasteiger partial charge >= 0.3 is 5.69 Å². The normalized spacial score (nSPS) is 11.5. The Labute approximate surface area is 251 Å². The number of nitrogens with zero attached hydrogens (tertiary/aromatic N) is 4. The Kier molecular flexibility index (Phi) is 7.32. The Morgan fingerprint density at radius 1 is 1.10 bits per heavy atom. The van der Waals surface area contributed by atoms with E-state index < -0.39 is 10.5 Å². The van der Waals surface area contributed by atoms with E-state index in [0.717, 1.165) is 25.7 Å². The summed E-state index contributed by atoms with van der Waals surface area (Å²) < 4.78 is 14.0. The highest BCUT2D eigenvalue weighted by atomic mass is 79.9. The molecule has 2 aromatic heterocycles. The van der Waals surface area contributed by atoms with Crippen LogP contribution in [0.5, 0.6) is 5.75 Å². The van der Waals surface area contributed by atoms with Gasteiger partial charge in [-0.15, -0.1) is 0 Å². The first-order chi connectivity index (χ1) is 20.3. The number of hydrogen-bond acceptors (Lipinski definition) is 7. The van der Waals surface area contributed by atoms with Gasteiger partial charge in [0.2, 0.25) is 11.6 Å². The average molecular weight is 644 g/mol. The number of halogens is 2. The lowest BCUT2D eigenvalue weighted by Gasteiger charge is -2.11. The molecule has 0 unspecified atom stereocenters. The zero-order chi connectivity index (χ0) is 29.4. The second-order valence-corrected chi connectivity index (χ2v) is 10.8. The van der Waals surface area contributed by atoms with Crippen LogP contribution in [0.4, 0.5) is 5.69 Å². The van der Waals surface area contributed by atoms with Gasteiger partial charge in [0, 0.05) is 26.5 Å². The summed E-state index contributed by atoms with van der Waals surface area (Å²) in [6.45, 7) is 2.03. The van der Waals surface area contributed by atoms with E-state index in [1.54, 1.807) is 36.4 Å². The van der Waals surface area contributed by atoms with E-state index in [4.69, 9.17) is 20.8 Å². The van der Waals surface area contributed by atoms with Crippen LogP contribution in [0.15, 0.2) is 104 Å². The number of fused-ring (bicyclic) bond motifs is 2. The number of benzene rings is 4. The van der Waals surface area contributed by atoms with Crippen molar-refractivity contribution < 1.29 is 14.1 Å². The summed E-state index contributed by atoms with van der Waals surface area (Å²) >= 11 is 9.72. The van der Waals surface area contributed by atoms with Crippen LogP contribution in [-0.2, 0) is 6.61 Å². The zero-order valence-corrected chi connectivity index (χ0v) is 24.3. The molecular weight excluding hydrogens is 624 g/mol. The SMILES string of the molecule is Cc1ccc(COc2c(C=Nn3c(-c4cc5cc(Br)ccc5o4)nc4ccccc4c3=O)cc(Cl)cc2[N+](=O)[O-])cc1. The lowest BCUT2D eigenvalue weighted by molar-refractivity contribution is -0.385. The molecule has 0 aliphatic rings. The van der Waals surface area contributed by atoms with Crippen molar-refractivity contribution in [2.75, 3.05) is 0 Å². The molecule has 0 fully saturated rings. The maximum Gasteiger partial charge on any atom is 0.313 e. The van der Waals surface area contributed by atoms with Gasteiger partial charge in [-0.3, -0.25) is 14.9 Å². The fraction of sp³-hybridized carbons (Fsp3) is 0.0645. The third kappa shape index (κ3) is 5.41. The Hall–Kier alpha value is -4.80. The molecule has 0 aliphatic carbocycles. The predicted molar refractivity (Wildman–Crippen MR) is 166 cm³/mol. The molecule has 0 aliphatic heterocycles. The molecule has 11 heteroatoms. The second kappa shape index (κ2) is 11.2. The number of nitro groups is 1. The van der Waals surface area contributed by atoms with Crippen molar-refractivity contribution in [2.45, 2.75) is 13.5 Å². The van der Waals surface area contributed by atoms with Crippen molar-refractivity contribution >= 4 is 61.3 Å². The standard InChI is InChI=1S/C31H20BrClN4O5/c1-18-6-8-19(9-7-18)17-41-29-21(13-23(33)15-26(29)37(39)40)16-34-36-30(35-25-5-3-2-4-24(25)31(36)38)28-14-20-12-22(32)10-11-27(20)42-28/h2-16H,17H2,1H3. The molecule has 6 rings (SSSR count). The summed E-state index contributed by atoms with van der Waals surface area (Å²) in [5, 5.41) is 17.6. The number of ether oxygens (including phenoxy) is 1. The molecule has 0 spiro atoms. The fourth-order valence-corrected chi connectivity index (χ4v) is 5.06. The van der Waals surface area contributed by atoms with E-state index in [2.05, 4.69) is 26.0 Å². The molecule has 0 saturated carbocycles. The van der Waals surface area contributed by atoms with Gasteiger partial charge in [-0.05, 0) is 55.0 Å². The molecule has 4 aromatic carbocycles. The average Bonchev–Trinajstić information content (AvgIpc) is 3.39. The van der Waals surface area contributed by atoms with Gasteiger partial charge in [0.25, 0.3) is 5.56 Å². The zero-order valence-electron chi connectivity index (χ0n) is 22.0. The van der Waals surface area contributed by atoms with Crippen molar-refractivity contribution in [3.63, 3.8) is 0 Å². The van der Waals surface area contributed by atoms with E-state index in [1.807, 2.05) is 43.3 Å². The molecule has 0 bridgehead atoms. The number of furan rings is 1. The minimum Gasteiger partial charge on any atom is -0.481 e. The first-order valence-electron chi connectivity index (χ1n) is 12.7. The molecule has 42 heavy (non-hydrogen) atoms. The Balaban J connectivity index is 1.49. The lowest BCUT2D eigenvalue weighted by atomic mass is 10.1. The third-order valence-corrected chi connectivity index (χ3v) is 7.24. The minimum atomic E-state index is -0.574. The van der Waals surface area contributed by atoms with Crippen LogP contribution in [0.2, 0.25) is 5.02 Å². The smallest absolute Gasteiger partial charge is 0.313 e. The maximum absolute atomic E-state index is 13.7. The topological polar surface area (TPSA) is 113 Å². The van der Waals surface area contributed by atoms with Crippen LogP contribution in [0.3, 0.4) is 0 Å². The van der Waals surface area contributed by atoms with Crippen molar-refractivity contribution in [3.8, 4) is 17.3 Å². The minimum absolute atomic E-state index is 0.0364. The van der Waals surface area contributed by atoms with Crippen molar-refractivity contribution in [1.82, 2.24) is 9.66 Å². The number of aromatic nitrogens is 2. The molecule has 0 atom stereocenters. The summed E-state index contributed by atoms with van der Waals surface area (Å²) in [5.41, 5.74) is 2.39. The van der Waals surface area contributed by atoms with Crippen LogP contribution >= 0.6 is 27.5 Å². The number of hydrogen-bond donors (Lipinski definition) is 0. The van der Waals surface area contributed by atoms with Gasteiger partial charge in [0.05, 0.1) is 22.0 Å². The van der Waals surface area contributed by atoms with E-state index in [0.29, 0.717) is 22.2 Å². The second-order valence-electron chi connectivity index (χ2n) is 9.48. The van der Waals surface area contributed by atoms with Gasteiger partial charge in [-0.25, -0.2) is 4.98 Å². The molecule has 0 radical (unpaired) electrons. The molecule has 9 nitrogen and oxygen atoms in total. The first kappa shape index (κ1) is 27.4. The fourth-order valence-electron chi connectivity index (χ4n) is 4.46. The summed E-state index contributed by atoms with van der Waals surface area (Å²) in [6.07, 6.45) is 1.30. The van der Waals surface area contributed by atoms with E-state index >= 15 is 0 Å². The summed E-state index contributed by atoms with van der Waals surface area (Å²) in [5.74, 6) is 0.433. The van der Waals surface area contributed by atoms with Crippen LogP contribution in [0.25, 0.3) is 33.5 Å². The summed E-state index contributed by atoms with van der Waals surface area (Å²) in [7, 11) is 0. The van der Waals surface area contributed by atoms with Crippen molar-refractivity contribution in [1.29, 1.82) is 0 Å². The van der Waals surface area contributed by atoms with Crippen molar-refractivity contribution in [2.24, 2.45) is 5.10 Å². The van der Waals surface area contributed by atoms with Gasteiger partial charge in [0.1, 0.15) is 12.2 Å². The largest absolute Gasteiger partial charge is 0.481 e. The maximum atomic E-state index is 13.7. The predicted octanol–water partition coefficient (Wildman–Crippen LogP) is 7.90. The highest BCUT2D eigenvalue weighted by Gasteiger charge is 2.22. The van der Waals surface area contributed by atoms with Gasteiger partial charge in [-0.1, -0.05) is 69.5 Å². The molecular formula is C31H20BrClN4O5. The van der Waals surface area contributed by atoms with Crippen LogP contribution in [0, 0.1) is 17.0 Å². The van der Waals surface area contributed by atoms with E-state index in [1.165, 1.54) is 18.3 Å². The summed E-state index contributed by atoms with van der Waals surface area (Å²) in [6, 6.07) is 24.5. The van der Waals surface area contributed by atoms with Crippen LogP contribution < -0.4 is 10.3 Å². The Morgan fingerprint density at radius 2 is 1.88 bits per heavy atom. The van der Waals surface area contributed by atoms with Crippen LogP contribution in [0.1, 0.15) is 16.7 Å². The quantitative estimate of drug-likeness (QED) is 0.0993. The van der Waals surface area contributed by atoms with Crippen molar-refractivity contribution in [3.05, 3.63) is 132 Å². The first-order valence-corrected chi connectivity index (χ1v) is 13.9. The Bertz CT molecular complexity index is 2090. The molecule has 0 saturated heterocycles. The van der Waals surface area contributed by atoms with Gasteiger partial charge < -0.3 is 9.15 Å². The molecule has 0 N–H and O–H groups in total. The lowest BCUT2D eigenvalue weighted by Crippen LogP contribution is -2.20. The highest BCUT2D eigenvalue weighted by Crippen LogP contribution is 2.35. The Morgan fingerprint density at radius 3 is 2.67 bits per heavy atom. The monoisotopic (exact) mass is 642 g/mol. The molecule has 2 heterocycles. The number of nitro benzene ring substituents is 1. The summed E-state index contributed by atoms with van der Waals surface area (Å²) in [4.78, 5) is 29.7. The van der Waals surface area contributed by atoms with Gasteiger partial charge in [-0.2, -0.15) is 9.78 Å².